The lowest BCUT2D eigenvalue weighted by Crippen LogP contribution is -2.20. The summed E-state index contributed by atoms with van der Waals surface area (Å²) in [4.78, 5) is 12.0. The first kappa shape index (κ1) is 12.4. The molecule has 0 spiro atoms. The van der Waals surface area contributed by atoms with Crippen LogP contribution >= 0.6 is 0 Å². The van der Waals surface area contributed by atoms with Crippen LogP contribution in [0.2, 0.25) is 0 Å². The van der Waals surface area contributed by atoms with Crippen LogP contribution < -0.4 is 11.3 Å². The third-order valence-corrected chi connectivity index (χ3v) is 3.34. The summed E-state index contributed by atoms with van der Waals surface area (Å²) in [5.41, 5.74) is 6.68. The molecule has 3 aromatic rings. The summed E-state index contributed by atoms with van der Waals surface area (Å²) in [5.74, 6) is -0.465. The van der Waals surface area contributed by atoms with Gasteiger partial charge in [0, 0.05) is 11.6 Å². The number of pyridine rings is 1. The van der Waals surface area contributed by atoms with Gasteiger partial charge in [0.15, 0.2) is 5.82 Å². The highest BCUT2D eigenvalue weighted by Crippen LogP contribution is 2.17. The van der Waals surface area contributed by atoms with Crippen LogP contribution in [0.1, 0.15) is 5.56 Å². The molecule has 0 bridgehead atoms. The predicted molar refractivity (Wildman–Crippen MR) is 78.1 cm³/mol. The average molecular weight is 268 g/mol. The van der Waals surface area contributed by atoms with Crippen LogP contribution in [-0.2, 0) is 6.54 Å². The van der Waals surface area contributed by atoms with Crippen molar-refractivity contribution in [2.45, 2.75) is 6.54 Å². The maximum atomic E-state index is 14.0. The number of rotatable bonds is 2. The van der Waals surface area contributed by atoms with Crippen LogP contribution in [0.5, 0.6) is 0 Å². The van der Waals surface area contributed by atoms with E-state index in [0.29, 0.717) is 5.56 Å². The molecule has 20 heavy (non-hydrogen) atoms. The van der Waals surface area contributed by atoms with Crippen LogP contribution in [0, 0.1) is 5.82 Å². The van der Waals surface area contributed by atoms with Crippen molar-refractivity contribution < 1.29 is 4.39 Å². The van der Waals surface area contributed by atoms with Crippen molar-refractivity contribution in [1.82, 2.24) is 4.57 Å². The maximum Gasteiger partial charge on any atom is 0.251 e. The molecule has 0 radical (unpaired) electrons. The summed E-state index contributed by atoms with van der Waals surface area (Å²) in [6.45, 7) is 0.164. The van der Waals surface area contributed by atoms with E-state index in [9.17, 15) is 9.18 Å². The molecule has 0 fully saturated rings. The van der Waals surface area contributed by atoms with Gasteiger partial charge in [-0.05, 0) is 23.6 Å². The fraction of sp³-hybridized carbons (Fsp3) is 0.0625. The smallest absolute Gasteiger partial charge is 0.251 e. The number of fused-ring (bicyclic) bond motifs is 1. The van der Waals surface area contributed by atoms with Gasteiger partial charge >= 0.3 is 0 Å². The molecule has 0 saturated heterocycles. The summed E-state index contributed by atoms with van der Waals surface area (Å²) >= 11 is 0. The number of hydrogen-bond acceptors (Lipinski definition) is 2. The maximum absolute atomic E-state index is 14.0. The van der Waals surface area contributed by atoms with E-state index in [1.54, 1.807) is 22.8 Å². The summed E-state index contributed by atoms with van der Waals surface area (Å²) in [5, 5.41) is 0.941. The molecule has 1 aromatic heterocycles. The quantitative estimate of drug-likeness (QED) is 0.726. The molecule has 3 nitrogen and oxygen atoms in total. The molecule has 3 rings (SSSR count). The van der Waals surface area contributed by atoms with E-state index in [1.807, 2.05) is 24.3 Å². The molecule has 0 unspecified atom stereocenters. The Morgan fingerprint density at radius 2 is 1.80 bits per heavy atom. The molecule has 0 atom stereocenters. The molecule has 0 aliphatic carbocycles. The van der Waals surface area contributed by atoms with E-state index in [-0.39, 0.29) is 17.8 Å². The lowest BCUT2D eigenvalue weighted by Gasteiger charge is -2.11. The van der Waals surface area contributed by atoms with Gasteiger partial charge in [-0.1, -0.05) is 30.3 Å². The zero-order chi connectivity index (χ0) is 14.1. The Hall–Kier alpha value is -2.62. The first-order valence-corrected chi connectivity index (χ1v) is 6.28. The standard InChI is InChI=1S/C16H13FN2O/c17-16-12(5-3-6-13(16)18)10-19-14-7-2-1-4-11(14)8-9-15(19)20/h1-9H,10,18H2. The monoisotopic (exact) mass is 268 g/mol. The highest BCUT2D eigenvalue weighted by Gasteiger charge is 2.09. The highest BCUT2D eigenvalue weighted by atomic mass is 19.1. The molecular formula is C16H13FN2O. The molecule has 0 aliphatic rings. The summed E-state index contributed by atoms with van der Waals surface area (Å²) < 4.78 is 15.5. The minimum Gasteiger partial charge on any atom is -0.396 e. The SMILES string of the molecule is Nc1cccc(Cn2c(=O)ccc3ccccc32)c1F. The molecule has 2 aromatic carbocycles. The topological polar surface area (TPSA) is 48.0 Å². The number of para-hydroxylation sites is 1. The normalized spacial score (nSPS) is 10.8. The zero-order valence-corrected chi connectivity index (χ0v) is 10.7. The summed E-state index contributed by atoms with van der Waals surface area (Å²) in [6.07, 6.45) is 0. The fourth-order valence-electron chi connectivity index (χ4n) is 2.30. The second kappa shape index (κ2) is 4.81. The number of benzene rings is 2. The lowest BCUT2D eigenvalue weighted by atomic mass is 10.1. The Morgan fingerprint density at radius 1 is 1.00 bits per heavy atom. The number of anilines is 1. The van der Waals surface area contributed by atoms with Gasteiger partial charge in [-0.25, -0.2) is 4.39 Å². The molecule has 1 heterocycles. The molecule has 4 heteroatoms. The number of hydrogen-bond donors (Lipinski definition) is 1. The van der Waals surface area contributed by atoms with Crippen molar-refractivity contribution in [3.05, 3.63) is 76.3 Å². The molecular weight excluding hydrogens is 255 g/mol. The van der Waals surface area contributed by atoms with Gasteiger partial charge in [0.25, 0.3) is 5.56 Å². The van der Waals surface area contributed by atoms with Gasteiger partial charge in [-0.3, -0.25) is 4.79 Å². The van der Waals surface area contributed by atoms with E-state index < -0.39 is 5.82 Å². The van der Waals surface area contributed by atoms with Crippen molar-refractivity contribution in [2.75, 3.05) is 5.73 Å². The third-order valence-electron chi connectivity index (χ3n) is 3.34. The van der Waals surface area contributed by atoms with Gasteiger partial charge in [0.05, 0.1) is 17.7 Å². The van der Waals surface area contributed by atoms with Gasteiger partial charge in [-0.15, -0.1) is 0 Å². The second-order valence-electron chi connectivity index (χ2n) is 4.64. The van der Waals surface area contributed by atoms with E-state index in [0.717, 1.165) is 10.9 Å². The predicted octanol–water partition coefficient (Wildman–Crippen LogP) is 2.77. The van der Waals surface area contributed by atoms with Crippen LogP contribution in [-0.4, -0.2) is 4.57 Å². The van der Waals surface area contributed by atoms with Crippen LogP contribution in [0.15, 0.2) is 59.4 Å². The Bertz CT molecular complexity index is 839. The van der Waals surface area contributed by atoms with E-state index in [4.69, 9.17) is 5.73 Å². The van der Waals surface area contributed by atoms with E-state index in [2.05, 4.69) is 0 Å². The summed E-state index contributed by atoms with van der Waals surface area (Å²) in [7, 11) is 0. The molecule has 0 saturated carbocycles. The van der Waals surface area contributed by atoms with Crippen LogP contribution in [0.4, 0.5) is 10.1 Å². The number of nitrogen functional groups attached to an aromatic ring is 1. The van der Waals surface area contributed by atoms with Gasteiger partial charge in [-0.2, -0.15) is 0 Å². The first-order valence-electron chi connectivity index (χ1n) is 6.28. The van der Waals surface area contributed by atoms with Crippen molar-refractivity contribution in [3.63, 3.8) is 0 Å². The van der Waals surface area contributed by atoms with Gasteiger partial charge in [0.2, 0.25) is 0 Å². The number of nitrogens with zero attached hydrogens (tertiary/aromatic N) is 1. The number of nitrogens with two attached hydrogens (primary N) is 1. The minimum atomic E-state index is -0.465. The van der Waals surface area contributed by atoms with Crippen molar-refractivity contribution in [3.8, 4) is 0 Å². The van der Waals surface area contributed by atoms with E-state index >= 15 is 0 Å². The van der Waals surface area contributed by atoms with Crippen LogP contribution in [0.3, 0.4) is 0 Å². The average Bonchev–Trinajstić information content (AvgIpc) is 2.46. The fourth-order valence-corrected chi connectivity index (χ4v) is 2.30. The first-order chi connectivity index (χ1) is 9.66. The minimum absolute atomic E-state index is 0.0933. The lowest BCUT2D eigenvalue weighted by molar-refractivity contribution is 0.604. The second-order valence-corrected chi connectivity index (χ2v) is 4.64. The Morgan fingerprint density at radius 3 is 2.65 bits per heavy atom. The molecule has 100 valence electrons. The Kier molecular flexibility index (Phi) is 2.99. The molecule has 0 aliphatic heterocycles. The molecule has 0 amide bonds. The Balaban J connectivity index is 2.18. The zero-order valence-electron chi connectivity index (χ0n) is 10.7. The van der Waals surface area contributed by atoms with Gasteiger partial charge in [0.1, 0.15) is 0 Å². The number of aromatic nitrogens is 1. The number of halogens is 1. The Labute approximate surface area is 115 Å². The third kappa shape index (κ3) is 2.05. The van der Waals surface area contributed by atoms with Crippen molar-refractivity contribution in [1.29, 1.82) is 0 Å². The highest BCUT2D eigenvalue weighted by molar-refractivity contribution is 5.78. The van der Waals surface area contributed by atoms with E-state index in [1.165, 1.54) is 12.1 Å². The summed E-state index contributed by atoms with van der Waals surface area (Å²) in [6, 6.07) is 15.6. The molecule has 2 N–H and O–H groups in total. The van der Waals surface area contributed by atoms with Crippen molar-refractivity contribution in [2.24, 2.45) is 0 Å². The van der Waals surface area contributed by atoms with Crippen molar-refractivity contribution >= 4 is 16.6 Å². The largest absolute Gasteiger partial charge is 0.396 e. The van der Waals surface area contributed by atoms with Gasteiger partial charge < -0.3 is 10.3 Å². The van der Waals surface area contributed by atoms with Crippen LogP contribution in [0.25, 0.3) is 10.9 Å².